The molecule has 4 nitrogen and oxygen atoms in total. The van der Waals surface area contributed by atoms with Gasteiger partial charge in [0, 0.05) is 44.9 Å². The third-order valence-electron chi connectivity index (χ3n) is 3.73. The number of nitrogens with one attached hydrogen (secondary N) is 2. The quantitative estimate of drug-likeness (QED) is 0.380. The van der Waals surface area contributed by atoms with Crippen LogP contribution in [0.25, 0.3) is 0 Å². The van der Waals surface area contributed by atoms with Gasteiger partial charge in [0.15, 0.2) is 5.96 Å². The Kier molecular flexibility index (Phi) is 9.67. The van der Waals surface area contributed by atoms with Crippen molar-refractivity contribution in [3.05, 3.63) is 64.7 Å². The molecule has 2 rings (SSSR count). The maximum absolute atomic E-state index is 5.90. The molecule has 2 aromatic rings. The molecule has 2 aromatic carbocycles. The average molecular weight is 473 g/mol. The summed E-state index contributed by atoms with van der Waals surface area (Å²) in [4.78, 5) is 6.37. The molecular formula is C19H26ClIN4. The van der Waals surface area contributed by atoms with Crippen LogP contribution in [0.4, 0.5) is 5.69 Å². The van der Waals surface area contributed by atoms with E-state index in [2.05, 4.69) is 44.8 Å². The predicted molar refractivity (Wildman–Crippen MR) is 120 cm³/mol. The van der Waals surface area contributed by atoms with Crippen molar-refractivity contribution < 1.29 is 0 Å². The molecule has 0 saturated carbocycles. The first-order valence-electron chi connectivity index (χ1n) is 8.03. The zero-order chi connectivity index (χ0) is 17.4. The van der Waals surface area contributed by atoms with Gasteiger partial charge in [0.05, 0.1) is 0 Å². The molecule has 0 aromatic heterocycles. The number of rotatable bonds is 6. The maximum atomic E-state index is 5.90. The zero-order valence-electron chi connectivity index (χ0n) is 14.9. The van der Waals surface area contributed by atoms with Gasteiger partial charge in [-0.2, -0.15) is 0 Å². The van der Waals surface area contributed by atoms with Gasteiger partial charge in [-0.3, -0.25) is 4.99 Å². The Morgan fingerprint density at radius 1 is 1.04 bits per heavy atom. The highest BCUT2D eigenvalue weighted by atomic mass is 127. The smallest absolute Gasteiger partial charge is 0.191 e. The highest BCUT2D eigenvalue weighted by Gasteiger charge is 2.01. The van der Waals surface area contributed by atoms with Crippen molar-refractivity contribution in [1.29, 1.82) is 0 Å². The molecule has 0 fully saturated rings. The summed E-state index contributed by atoms with van der Waals surface area (Å²) < 4.78 is 0. The van der Waals surface area contributed by atoms with Crippen LogP contribution >= 0.6 is 35.6 Å². The third kappa shape index (κ3) is 7.52. The van der Waals surface area contributed by atoms with Gasteiger partial charge in [-0.05, 0) is 41.8 Å². The van der Waals surface area contributed by atoms with Crippen molar-refractivity contribution in [2.45, 2.75) is 13.0 Å². The normalized spacial score (nSPS) is 10.8. The van der Waals surface area contributed by atoms with Crippen molar-refractivity contribution in [3.8, 4) is 0 Å². The molecule has 0 heterocycles. The lowest BCUT2D eigenvalue weighted by atomic mass is 10.1. The monoisotopic (exact) mass is 472 g/mol. The minimum atomic E-state index is 0. The molecule has 0 unspecified atom stereocenters. The molecule has 0 aliphatic carbocycles. The lowest BCUT2D eigenvalue weighted by Crippen LogP contribution is -2.37. The average Bonchev–Trinajstić information content (AvgIpc) is 2.59. The van der Waals surface area contributed by atoms with Crippen molar-refractivity contribution in [1.82, 2.24) is 10.6 Å². The fraction of sp³-hybridized carbons (Fsp3) is 0.316. The standard InChI is InChI=1S/C19H25ClN4.HI/c1-21-19(22-12-11-15-7-9-17(20)10-8-15)23-14-16-5-4-6-18(13-16)24(2)3;/h4-10,13H,11-12,14H2,1-3H3,(H2,21,22,23);1H. The number of benzene rings is 2. The molecular weight excluding hydrogens is 447 g/mol. The number of guanidine groups is 1. The second-order valence-electron chi connectivity index (χ2n) is 5.79. The number of hydrogen-bond acceptors (Lipinski definition) is 2. The van der Waals surface area contributed by atoms with Crippen molar-refractivity contribution in [2.75, 3.05) is 32.6 Å². The summed E-state index contributed by atoms with van der Waals surface area (Å²) in [5, 5.41) is 7.45. The highest BCUT2D eigenvalue weighted by molar-refractivity contribution is 14.0. The highest BCUT2D eigenvalue weighted by Crippen LogP contribution is 2.13. The Hall–Kier alpha value is -1.47. The molecule has 0 aliphatic rings. The fourth-order valence-electron chi connectivity index (χ4n) is 2.33. The second kappa shape index (κ2) is 11.2. The van der Waals surface area contributed by atoms with Crippen molar-refractivity contribution >= 4 is 47.2 Å². The number of nitrogens with zero attached hydrogens (tertiary/aromatic N) is 2. The molecule has 6 heteroatoms. The second-order valence-corrected chi connectivity index (χ2v) is 6.23. The van der Waals surface area contributed by atoms with Gasteiger partial charge in [0.1, 0.15) is 0 Å². The Bertz CT molecular complexity index is 671. The molecule has 2 N–H and O–H groups in total. The Labute approximate surface area is 172 Å². The Morgan fingerprint density at radius 2 is 1.76 bits per heavy atom. The molecule has 0 saturated heterocycles. The lowest BCUT2D eigenvalue weighted by Gasteiger charge is -2.15. The minimum Gasteiger partial charge on any atom is -0.378 e. The first kappa shape index (κ1) is 21.6. The van der Waals surface area contributed by atoms with E-state index in [0.29, 0.717) is 0 Å². The van der Waals surface area contributed by atoms with Crippen LogP contribution in [0, 0.1) is 0 Å². The zero-order valence-corrected chi connectivity index (χ0v) is 18.0. The van der Waals surface area contributed by atoms with Crippen molar-refractivity contribution in [2.24, 2.45) is 4.99 Å². The Balaban J connectivity index is 0.00000312. The Morgan fingerprint density at radius 3 is 2.40 bits per heavy atom. The number of hydrogen-bond donors (Lipinski definition) is 2. The van der Waals surface area contributed by atoms with Gasteiger partial charge in [0.2, 0.25) is 0 Å². The van der Waals surface area contributed by atoms with E-state index in [-0.39, 0.29) is 24.0 Å². The molecule has 0 spiro atoms. The summed E-state index contributed by atoms with van der Waals surface area (Å²) in [7, 11) is 5.88. The maximum Gasteiger partial charge on any atom is 0.191 e. The molecule has 0 atom stereocenters. The van der Waals surface area contributed by atoms with E-state index in [1.165, 1.54) is 16.8 Å². The number of aliphatic imine (C=N–C) groups is 1. The van der Waals surface area contributed by atoms with E-state index in [4.69, 9.17) is 11.6 Å². The lowest BCUT2D eigenvalue weighted by molar-refractivity contribution is 0.794. The van der Waals surface area contributed by atoms with E-state index >= 15 is 0 Å². The summed E-state index contributed by atoms with van der Waals surface area (Å²) in [6, 6.07) is 16.4. The molecule has 0 aliphatic heterocycles. The van der Waals surface area contributed by atoms with Gasteiger partial charge >= 0.3 is 0 Å². The van der Waals surface area contributed by atoms with Gasteiger partial charge in [-0.15, -0.1) is 24.0 Å². The summed E-state index contributed by atoms with van der Waals surface area (Å²) in [6.07, 6.45) is 0.925. The van der Waals surface area contributed by atoms with E-state index < -0.39 is 0 Å². The van der Waals surface area contributed by atoms with Crippen LogP contribution < -0.4 is 15.5 Å². The third-order valence-corrected chi connectivity index (χ3v) is 3.98. The number of halogens is 2. The predicted octanol–water partition coefficient (Wildman–Crippen LogP) is 3.93. The van der Waals surface area contributed by atoms with E-state index in [0.717, 1.165) is 30.5 Å². The van der Waals surface area contributed by atoms with Gasteiger partial charge in [-0.25, -0.2) is 0 Å². The minimum absolute atomic E-state index is 0. The summed E-state index contributed by atoms with van der Waals surface area (Å²) in [5.41, 5.74) is 3.67. The van der Waals surface area contributed by atoms with Crippen LogP contribution in [0.3, 0.4) is 0 Å². The first-order chi connectivity index (χ1) is 11.6. The molecule has 136 valence electrons. The summed E-state index contributed by atoms with van der Waals surface area (Å²) >= 11 is 5.90. The fourth-order valence-corrected chi connectivity index (χ4v) is 2.45. The topological polar surface area (TPSA) is 39.7 Å². The van der Waals surface area contributed by atoms with Crippen LogP contribution in [0.5, 0.6) is 0 Å². The van der Waals surface area contributed by atoms with E-state index in [9.17, 15) is 0 Å². The van der Waals surface area contributed by atoms with Crippen LogP contribution in [0.2, 0.25) is 5.02 Å². The first-order valence-corrected chi connectivity index (χ1v) is 8.41. The van der Waals surface area contributed by atoms with E-state index in [1.807, 2.05) is 38.4 Å². The summed E-state index contributed by atoms with van der Waals surface area (Å²) in [5.74, 6) is 0.805. The summed E-state index contributed by atoms with van der Waals surface area (Å²) in [6.45, 7) is 1.56. The van der Waals surface area contributed by atoms with Gasteiger partial charge < -0.3 is 15.5 Å². The molecule has 0 amide bonds. The number of anilines is 1. The van der Waals surface area contributed by atoms with Gasteiger partial charge in [0.25, 0.3) is 0 Å². The van der Waals surface area contributed by atoms with Crippen LogP contribution in [-0.4, -0.2) is 33.6 Å². The molecule has 0 bridgehead atoms. The van der Waals surface area contributed by atoms with Crippen molar-refractivity contribution in [3.63, 3.8) is 0 Å². The SMILES string of the molecule is CN=C(NCCc1ccc(Cl)cc1)NCc1cccc(N(C)C)c1.I. The largest absolute Gasteiger partial charge is 0.378 e. The molecule has 25 heavy (non-hydrogen) atoms. The van der Waals surface area contributed by atoms with Crippen LogP contribution in [0.15, 0.2) is 53.5 Å². The van der Waals surface area contributed by atoms with E-state index in [1.54, 1.807) is 7.05 Å². The van der Waals surface area contributed by atoms with Crippen LogP contribution in [-0.2, 0) is 13.0 Å². The van der Waals surface area contributed by atoms with Gasteiger partial charge in [-0.1, -0.05) is 35.9 Å². The molecule has 0 radical (unpaired) electrons. The van der Waals surface area contributed by atoms with Crippen LogP contribution in [0.1, 0.15) is 11.1 Å².